The Bertz CT molecular complexity index is 3920. The van der Waals surface area contributed by atoms with Crippen molar-refractivity contribution < 1.29 is 0 Å². The first-order chi connectivity index (χ1) is 36.5. The van der Waals surface area contributed by atoms with Crippen LogP contribution in [0.2, 0.25) is 0 Å². The van der Waals surface area contributed by atoms with Crippen molar-refractivity contribution in [1.82, 2.24) is 0 Å². The number of benzene rings is 10. The van der Waals surface area contributed by atoms with Crippen LogP contribution in [0.1, 0.15) is 125 Å². The van der Waals surface area contributed by atoms with Gasteiger partial charge in [0.1, 0.15) is 0 Å². The second kappa shape index (κ2) is 17.0. The maximum Gasteiger partial charge on any atom is 0.0714 e. The van der Waals surface area contributed by atoms with Crippen molar-refractivity contribution in [2.24, 2.45) is 0 Å². The van der Waals surface area contributed by atoms with Gasteiger partial charge in [-0.25, -0.2) is 0 Å². The van der Waals surface area contributed by atoms with Crippen LogP contribution in [-0.2, 0) is 27.1 Å². The van der Waals surface area contributed by atoms with Crippen LogP contribution in [0.4, 0.5) is 17.1 Å². The summed E-state index contributed by atoms with van der Waals surface area (Å²) in [7, 11) is 0. The molecule has 0 heterocycles. The number of anilines is 3. The lowest BCUT2D eigenvalue weighted by Gasteiger charge is -2.36. The molecule has 0 saturated heterocycles. The molecule has 3 aliphatic rings. The average molecular weight is 982 g/mol. The van der Waals surface area contributed by atoms with Gasteiger partial charge in [-0.2, -0.15) is 0 Å². The van der Waals surface area contributed by atoms with Gasteiger partial charge in [-0.05, 0) is 141 Å². The van der Waals surface area contributed by atoms with E-state index in [0.717, 1.165) is 17.1 Å². The molecule has 0 radical (unpaired) electrons. The quantitative estimate of drug-likeness (QED) is 0.154. The van der Waals surface area contributed by atoms with Gasteiger partial charge in [0.25, 0.3) is 0 Å². The van der Waals surface area contributed by atoms with Crippen LogP contribution < -0.4 is 4.90 Å². The van der Waals surface area contributed by atoms with E-state index in [1.165, 1.54) is 111 Å². The lowest BCUT2D eigenvalue weighted by Crippen LogP contribution is -2.30. The van der Waals surface area contributed by atoms with Crippen molar-refractivity contribution >= 4 is 17.1 Å². The van der Waals surface area contributed by atoms with E-state index in [2.05, 4.69) is 299 Å². The normalized spacial score (nSPS) is 15.0. The molecule has 13 rings (SSSR count). The van der Waals surface area contributed by atoms with E-state index in [9.17, 15) is 0 Å². The van der Waals surface area contributed by atoms with Gasteiger partial charge in [-0.3, -0.25) is 0 Å². The summed E-state index contributed by atoms with van der Waals surface area (Å²) in [6, 6.07) is 86.0. The molecule has 3 aliphatic carbocycles. The van der Waals surface area contributed by atoms with Crippen molar-refractivity contribution in [2.45, 2.75) is 96.3 Å². The topological polar surface area (TPSA) is 3.24 Å². The van der Waals surface area contributed by atoms with Crippen molar-refractivity contribution in [1.29, 1.82) is 0 Å². The van der Waals surface area contributed by atoms with Crippen molar-refractivity contribution in [3.63, 3.8) is 0 Å². The summed E-state index contributed by atoms with van der Waals surface area (Å²) in [6.07, 6.45) is 0. The van der Waals surface area contributed by atoms with Gasteiger partial charge in [-0.15, -0.1) is 0 Å². The summed E-state index contributed by atoms with van der Waals surface area (Å²) in [5, 5.41) is 0. The number of hydrogen-bond donors (Lipinski definition) is 0. The van der Waals surface area contributed by atoms with E-state index in [1.807, 2.05) is 0 Å². The third-order valence-corrected chi connectivity index (χ3v) is 17.6. The third-order valence-electron chi connectivity index (χ3n) is 17.6. The minimum absolute atomic E-state index is 0.0504. The molecule has 10 aromatic rings. The second-order valence-corrected chi connectivity index (χ2v) is 24.9. The fourth-order valence-electron chi connectivity index (χ4n) is 13.8. The summed E-state index contributed by atoms with van der Waals surface area (Å²) >= 11 is 0. The fourth-order valence-corrected chi connectivity index (χ4v) is 13.8. The maximum absolute atomic E-state index is 2.60. The molecule has 76 heavy (non-hydrogen) atoms. The van der Waals surface area contributed by atoms with E-state index in [0.29, 0.717) is 0 Å². The minimum atomic E-state index is -0.622. The van der Waals surface area contributed by atoms with Crippen LogP contribution >= 0.6 is 0 Å². The highest BCUT2D eigenvalue weighted by molar-refractivity contribution is 6.01. The molecule has 0 bridgehead atoms. The molecule has 0 aromatic heterocycles. The number of hydrogen-bond acceptors (Lipinski definition) is 1. The first-order valence-corrected chi connectivity index (χ1v) is 27.4. The van der Waals surface area contributed by atoms with Gasteiger partial charge in [0, 0.05) is 27.6 Å². The molecule has 10 aromatic carbocycles. The molecule has 0 fully saturated rings. The predicted octanol–water partition coefficient (Wildman–Crippen LogP) is 20.1. The molecule has 372 valence electrons. The highest BCUT2D eigenvalue weighted by Gasteiger charge is 2.48. The Hall–Kier alpha value is -8.00. The Balaban J connectivity index is 1.10. The molecule has 0 unspecified atom stereocenters. The van der Waals surface area contributed by atoms with Gasteiger partial charge in [0.2, 0.25) is 0 Å². The maximum atomic E-state index is 2.60. The lowest BCUT2D eigenvalue weighted by atomic mass is 9.66. The van der Waals surface area contributed by atoms with E-state index >= 15 is 0 Å². The van der Waals surface area contributed by atoms with Gasteiger partial charge >= 0.3 is 0 Å². The third kappa shape index (κ3) is 7.04. The summed E-state index contributed by atoms with van der Waals surface area (Å²) in [5.74, 6) is 0. The van der Waals surface area contributed by atoms with Crippen LogP contribution in [0.25, 0.3) is 55.6 Å². The number of rotatable bonds is 7. The summed E-state index contributed by atoms with van der Waals surface area (Å²) < 4.78 is 0. The molecule has 1 heteroatoms. The first-order valence-electron chi connectivity index (χ1n) is 27.4. The lowest BCUT2D eigenvalue weighted by molar-refractivity contribution is 0.585. The van der Waals surface area contributed by atoms with Crippen LogP contribution in [0.15, 0.2) is 224 Å². The van der Waals surface area contributed by atoms with E-state index < -0.39 is 5.41 Å². The SMILES string of the molecule is CC(C)(C)c1cccc(C2(c3cccc(C(C)(C)C)c3)c3ccccc3-c3c(N(c4cccc(-c5cccc6c5C(C)(C)c5ccccc5-6)c4)c4ccccc4-c4ccc5c(c4)C(C)(C)c4ccccc4-5)cccc32)c1. The van der Waals surface area contributed by atoms with Gasteiger partial charge in [0.15, 0.2) is 0 Å². The highest BCUT2D eigenvalue weighted by Crippen LogP contribution is 2.61. The molecular formula is C75H67N. The largest absolute Gasteiger partial charge is 0.309 e. The predicted molar refractivity (Wildman–Crippen MR) is 322 cm³/mol. The summed E-state index contributed by atoms with van der Waals surface area (Å²) in [5.41, 5.74) is 28.4. The molecule has 0 N–H and O–H groups in total. The van der Waals surface area contributed by atoms with Gasteiger partial charge < -0.3 is 4.90 Å². The van der Waals surface area contributed by atoms with Crippen LogP contribution in [0, 0.1) is 0 Å². The number of fused-ring (bicyclic) bond motifs is 9. The standard InChI is InChI=1S/C75H67N/c1-71(2,3)50-25-20-27-52(46-50)75(53-28-21-26-51(47-53)72(4,5)6)64-38-17-13-33-61(64)69-65(75)39-23-41-68(69)76(54-29-19-24-48(44-54)56-34-22-35-60-58-32-12-16-37-63(58)74(9,10)70(56)60)67-40-18-14-30-55(67)49-42-43-59-57-31-11-15-36-62(57)73(7,8)66(59)45-49/h11-47H,1-10H3. The van der Waals surface area contributed by atoms with Crippen LogP contribution in [0.5, 0.6) is 0 Å². The molecular weight excluding hydrogens is 915 g/mol. The van der Waals surface area contributed by atoms with Crippen LogP contribution in [0.3, 0.4) is 0 Å². The van der Waals surface area contributed by atoms with Crippen molar-refractivity contribution in [2.75, 3.05) is 4.90 Å². The first kappa shape index (κ1) is 47.7. The molecule has 0 spiro atoms. The summed E-state index contributed by atoms with van der Waals surface area (Å²) in [4.78, 5) is 2.60. The van der Waals surface area contributed by atoms with E-state index in [4.69, 9.17) is 0 Å². The number of para-hydroxylation sites is 1. The zero-order chi connectivity index (χ0) is 52.5. The van der Waals surface area contributed by atoms with E-state index in [-0.39, 0.29) is 21.7 Å². The number of nitrogens with zero attached hydrogens (tertiary/aromatic N) is 1. The monoisotopic (exact) mass is 982 g/mol. The Labute approximate surface area is 451 Å². The van der Waals surface area contributed by atoms with Crippen LogP contribution in [-0.4, -0.2) is 0 Å². The molecule has 0 amide bonds. The molecule has 0 aliphatic heterocycles. The van der Waals surface area contributed by atoms with Gasteiger partial charge in [-0.1, -0.05) is 263 Å². The van der Waals surface area contributed by atoms with Crippen molar-refractivity contribution in [3.05, 3.63) is 280 Å². The Morgan fingerprint density at radius 3 is 1.46 bits per heavy atom. The van der Waals surface area contributed by atoms with Gasteiger partial charge in [0.05, 0.1) is 16.8 Å². The zero-order valence-electron chi connectivity index (χ0n) is 45.8. The Morgan fingerprint density at radius 2 is 0.789 bits per heavy atom. The van der Waals surface area contributed by atoms with Crippen molar-refractivity contribution in [3.8, 4) is 55.6 Å². The second-order valence-electron chi connectivity index (χ2n) is 24.9. The fraction of sp³-hybridized carbons (Fsp3) is 0.200. The molecule has 0 saturated carbocycles. The smallest absolute Gasteiger partial charge is 0.0714 e. The zero-order valence-corrected chi connectivity index (χ0v) is 45.8. The average Bonchev–Trinajstić information content (AvgIpc) is 4.19. The summed E-state index contributed by atoms with van der Waals surface area (Å²) in [6.45, 7) is 23.6. The minimum Gasteiger partial charge on any atom is -0.309 e. The Kier molecular flexibility index (Phi) is 10.7. The highest BCUT2D eigenvalue weighted by atomic mass is 15.1. The van der Waals surface area contributed by atoms with E-state index in [1.54, 1.807) is 0 Å². The molecule has 1 nitrogen and oxygen atoms in total. The molecule has 0 atom stereocenters. The Morgan fingerprint density at radius 1 is 0.316 bits per heavy atom.